The minimum atomic E-state index is -0.323. The van der Waals surface area contributed by atoms with Gasteiger partial charge in [0.25, 0.3) is 0 Å². The van der Waals surface area contributed by atoms with Crippen molar-refractivity contribution >= 4 is 11.8 Å². The van der Waals surface area contributed by atoms with Gasteiger partial charge < -0.3 is 9.47 Å². The quantitative estimate of drug-likeness (QED) is 0.633. The number of amides is 1. The summed E-state index contributed by atoms with van der Waals surface area (Å²) in [5.41, 5.74) is 4.51. The van der Waals surface area contributed by atoms with Gasteiger partial charge in [-0.25, -0.2) is 4.79 Å². The molecule has 0 N–H and O–H groups in total. The van der Waals surface area contributed by atoms with E-state index in [0.717, 1.165) is 28.8 Å². The van der Waals surface area contributed by atoms with Crippen molar-refractivity contribution in [1.82, 2.24) is 25.2 Å². The van der Waals surface area contributed by atoms with Gasteiger partial charge >= 0.3 is 6.09 Å². The summed E-state index contributed by atoms with van der Waals surface area (Å²) >= 11 is 0. The molecule has 3 aromatic rings. The summed E-state index contributed by atoms with van der Waals surface area (Å²) in [6.07, 6.45) is 1.89. The number of cyclic esters (lactones) is 1. The zero-order chi connectivity index (χ0) is 20.7. The van der Waals surface area contributed by atoms with Crippen LogP contribution in [0.1, 0.15) is 5.56 Å². The Bertz CT molecular complexity index is 1150. The molecule has 150 valence electrons. The summed E-state index contributed by atoms with van der Waals surface area (Å²) in [6, 6.07) is 11.7. The number of anilines is 1. The Labute approximate surface area is 171 Å². The molecule has 30 heavy (non-hydrogen) atoms. The summed E-state index contributed by atoms with van der Waals surface area (Å²) < 4.78 is 10.6. The first-order valence-electron chi connectivity index (χ1n) is 9.41. The number of tetrazole rings is 1. The Morgan fingerprint density at radius 3 is 2.93 bits per heavy atom. The van der Waals surface area contributed by atoms with Gasteiger partial charge in [-0.15, -0.1) is 15.0 Å². The number of aromatic nitrogens is 5. The second-order valence-electron chi connectivity index (χ2n) is 7.10. The number of hydrogen-bond acceptors (Lipinski definition) is 8. The average Bonchev–Trinajstić information content (AvgIpc) is 3.44. The van der Waals surface area contributed by atoms with Crippen LogP contribution in [0.4, 0.5) is 10.5 Å². The Morgan fingerprint density at radius 2 is 2.17 bits per heavy atom. The summed E-state index contributed by atoms with van der Waals surface area (Å²) in [5, 5.41) is 20.6. The zero-order valence-corrected chi connectivity index (χ0v) is 16.1. The lowest BCUT2D eigenvalue weighted by atomic mass is 10.0. The molecule has 0 radical (unpaired) electrons. The topological polar surface area (TPSA) is 119 Å². The highest BCUT2D eigenvalue weighted by atomic mass is 16.6. The molecule has 10 heteroatoms. The first-order valence-corrected chi connectivity index (χ1v) is 9.41. The molecule has 0 bridgehead atoms. The van der Waals surface area contributed by atoms with Gasteiger partial charge in [0.05, 0.1) is 24.4 Å². The molecule has 1 fully saturated rings. The van der Waals surface area contributed by atoms with Crippen molar-refractivity contribution in [3.8, 4) is 28.7 Å². The Morgan fingerprint density at radius 1 is 1.30 bits per heavy atom. The first kappa shape index (κ1) is 18.2. The zero-order valence-electron chi connectivity index (χ0n) is 16.1. The molecule has 1 saturated heterocycles. The maximum Gasteiger partial charge on any atom is 0.415 e. The normalized spacial score (nSPS) is 19.3. The third-order valence-corrected chi connectivity index (χ3v) is 5.30. The van der Waals surface area contributed by atoms with Gasteiger partial charge in [-0.1, -0.05) is 12.1 Å². The fourth-order valence-electron chi connectivity index (χ4n) is 3.94. The monoisotopic (exact) mass is 403 g/mol. The Hall–Kier alpha value is -3.84. The molecular formula is C20H17N7O3. The van der Waals surface area contributed by atoms with Crippen LogP contribution in [0, 0.1) is 11.3 Å². The Kier molecular flexibility index (Phi) is 4.37. The van der Waals surface area contributed by atoms with Crippen molar-refractivity contribution in [2.24, 2.45) is 0 Å². The number of nitrogens with zero attached hydrogens (tertiary/aromatic N) is 7. The van der Waals surface area contributed by atoms with E-state index in [2.05, 4.69) is 26.5 Å². The van der Waals surface area contributed by atoms with Gasteiger partial charge in [0, 0.05) is 18.9 Å². The third-order valence-electron chi connectivity index (χ3n) is 5.30. The van der Waals surface area contributed by atoms with E-state index in [4.69, 9.17) is 14.7 Å². The van der Waals surface area contributed by atoms with E-state index in [-0.39, 0.29) is 24.8 Å². The molecule has 1 amide bonds. The SMILES string of the molecule is COCC1OC(=O)N2c3ccc(-c4ccc(-c5nnn(CC#N)n5)nc4)cc3CC12. The van der Waals surface area contributed by atoms with Crippen molar-refractivity contribution in [2.45, 2.75) is 25.1 Å². The molecule has 5 rings (SSSR count). The number of carbonyl (C=O) groups is 1. The van der Waals surface area contributed by atoms with Crippen molar-refractivity contribution in [1.29, 1.82) is 5.26 Å². The maximum absolute atomic E-state index is 12.3. The van der Waals surface area contributed by atoms with Crippen LogP contribution >= 0.6 is 0 Å². The van der Waals surface area contributed by atoms with Crippen LogP contribution in [0.2, 0.25) is 0 Å². The van der Waals surface area contributed by atoms with Crippen LogP contribution in [-0.2, 0) is 22.4 Å². The highest BCUT2D eigenvalue weighted by Gasteiger charge is 2.47. The van der Waals surface area contributed by atoms with E-state index in [9.17, 15) is 4.79 Å². The second-order valence-corrected chi connectivity index (χ2v) is 7.10. The van der Waals surface area contributed by atoms with E-state index >= 15 is 0 Å². The largest absolute Gasteiger partial charge is 0.441 e. The molecular weight excluding hydrogens is 386 g/mol. The number of pyridine rings is 1. The van der Waals surface area contributed by atoms with E-state index in [1.807, 2.05) is 30.3 Å². The van der Waals surface area contributed by atoms with Crippen molar-refractivity contribution in [3.05, 3.63) is 42.1 Å². The number of ether oxygens (including phenoxy) is 2. The highest BCUT2D eigenvalue weighted by molar-refractivity contribution is 5.94. The van der Waals surface area contributed by atoms with Crippen molar-refractivity contribution in [3.63, 3.8) is 0 Å². The first-order chi connectivity index (χ1) is 14.7. The molecule has 0 saturated carbocycles. The lowest BCUT2D eigenvalue weighted by molar-refractivity contribution is 0.0594. The van der Waals surface area contributed by atoms with Crippen LogP contribution in [-0.4, -0.2) is 57.1 Å². The third kappa shape index (κ3) is 2.96. The molecule has 0 spiro atoms. The van der Waals surface area contributed by atoms with Crippen LogP contribution in [0.15, 0.2) is 36.5 Å². The number of carbonyl (C=O) groups excluding carboxylic acids is 1. The number of fused-ring (bicyclic) bond motifs is 3. The van der Waals surface area contributed by atoms with Crippen LogP contribution < -0.4 is 4.90 Å². The van der Waals surface area contributed by atoms with Gasteiger partial charge in [0.1, 0.15) is 18.3 Å². The number of benzene rings is 1. The summed E-state index contributed by atoms with van der Waals surface area (Å²) in [7, 11) is 1.60. The van der Waals surface area contributed by atoms with Gasteiger partial charge in [-0.2, -0.15) is 5.26 Å². The number of nitriles is 1. The fourth-order valence-corrected chi connectivity index (χ4v) is 3.94. The lowest BCUT2D eigenvalue weighted by Crippen LogP contribution is -2.35. The van der Waals surface area contributed by atoms with Gasteiger partial charge in [0.2, 0.25) is 5.82 Å². The Balaban J connectivity index is 1.39. The smallest absolute Gasteiger partial charge is 0.415 e. The van der Waals surface area contributed by atoms with E-state index in [1.54, 1.807) is 18.2 Å². The van der Waals surface area contributed by atoms with E-state index in [1.165, 1.54) is 4.80 Å². The molecule has 2 aliphatic heterocycles. The van der Waals surface area contributed by atoms with Gasteiger partial charge in [-0.05, 0) is 41.0 Å². The summed E-state index contributed by atoms with van der Waals surface area (Å²) in [5.74, 6) is 0.370. The molecule has 10 nitrogen and oxygen atoms in total. The van der Waals surface area contributed by atoms with Gasteiger partial charge in [0.15, 0.2) is 0 Å². The predicted octanol–water partition coefficient (Wildman–Crippen LogP) is 1.82. The number of hydrogen-bond donors (Lipinski definition) is 0. The van der Waals surface area contributed by atoms with E-state index in [0.29, 0.717) is 18.1 Å². The summed E-state index contributed by atoms with van der Waals surface area (Å²) in [6.45, 7) is 0.420. The average molecular weight is 403 g/mol. The molecule has 1 aromatic carbocycles. The van der Waals surface area contributed by atoms with Crippen LogP contribution in [0.3, 0.4) is 0 Å². The number of methoxy groups -OCH3 is 1. The molecule has 2 atom stereocenters. The second kappa shape index (κ2) is 7.20. The molecule has 2 unspecified atom stereocenters. The van der Waals surface area contributed by atoms with Crippen molar-refractivity contribution < 1.29 is 14.3 Å². The fraction of sp³-hybridized carbons (Fsp3) is 0.300. The molecule has 2 aromatic heterocycles. The van der Waals surface area contributed by atoms with Crippen LogP contribution in [0.25, 0.3) is 22.6 Å². The maximum atomic E-state index is 12.3. The van der Waals surface area contributed by atoms with Crippen LogP contribution in [0.5, 0.6) is 0 Å². The van der Waals surface area contributed by atoms with Crippen molar-refractivity contribution in [2.75, 3.05) is 18.6 Å². The minimum Gasteiger partial charge on any atom is -0.441 e. The minimum absolute atomic E-state index is 0.0368. The molecule has 4 heterocycles. The standard InChI is InChI=1S/C20H17N7O3/c1-29-11-18-17-9-14-8-12(3-5-16(14)27(17)20(28)30-18)13-2-4-15(22-10-13)19-23-25-26(24-19)7-6-21/h2-5,8,10,17-18H,7,9,11H2,1H3. The lowest BCUT2D eigenvalue weighted by Gasteiger charge is -2.15. The number of rotatable bonds is 5. The highest BCUT2D eigenvalue weighted by Crippen LogP contribution is 2.40. The molecule has 0 aliphatic carbocycles. The predicted molar refractivity (Wildman–Crippen MR) is 104 cm³/mol. The summed E-state index contributed by atoms with van der Waals surface area (Å²) in [4.78, 5) is 19.7. The van der Waals surface area contributed by atoms with E-state index < -0.39 is 0 Å². The van der Waals surface area contributed by atoms with Gasteiger partial charge in [-0.3, -0.25) is 9.88 Å². The molecule has 2 aliphatic rings.